The maximum absolute atomic E-state index is 13.4. The Hall–Kier alpha value is -1.51. The van der Waals surface area contributed by atoms with Gasteiger partial charge in [0.05, 0.1) is 4.90 Å². The van der Waals surface area contributed by atoms with E-state index in [0.717, 1.165) is 11.4 Å². The van der Waals surface area contributed by atoms with Crippen molar-refractivity contribution in [3.63, 3.8) is 0 Å². The minimum absolute atomic E-state index is 0.0513. The molecule has 0 spiro atoms. The van der Waals surface area contributed by atoms with Gasteiger partial charge in [0.2, 0.25) is 0 Å². The highest BCUT2D eigenvalue weighted by Crippen LogP contribution is 2.38. The van der Waals surface area contributed by atoms with Crippen molar-refractivity contribution >= 4 is 22.6 Å². The quantitative estimate of drug-likeness (QED) is 0.850. The van der Waals surface area contributed by atoms with Crippen LogP contribution in [0.1, 0.15) is 11.6 Å². The first-order valence-corrected chi connectivity index (χ1v) is 7.51. The van der Waals surface area contributed by atoms with Gasteiger partial charge in [-0.2, -0.15) is 13.2 Å². The number of hydrogen-bond acceptors (Lipinski definition) is 3. The van der Waals surface area contributed by atoms with Crippen LogP contribution in [0.2, 0.25) is 5.02 Å². The molecule has 22 heavy (non-hydrogen) atoms. The van der Waals surface area contributed by atoms with E-state index in [4.69, 9.17) is 11.6 Å². The van der Waals surface area contributed by atoms with Crippen LogP contribution in [0.25, 0.3) is 0 Å². The molecular formula is C13H11ClF3N3OS. The highest BCUT2D eigenvalue weighted by molar-refractivity contribution is 7.82. The van der Waals surface area contributed by atoms with Gasteiger partial charge in [-0.15, -0.1) is 0 Å². The minimum atomic E-state index is -4.60. The van der Waals surface area contributed by atoms with Crippen LogP contribution >= 0.6 is 11.6 Å². The Bertz CT molecular complexity index is 652. The van der Waals surface area contributed by atoms with Gasteiger partial charge in [-0.25, -0.2) is 18.5 Å². The Morgan fingerprint density at radius 1 is 1.18 bits per heavy atom. The molecule has 1 heterocycles. The second kappa shape index (κ2) is 6.72. The lowest BCUT2D eigenvalue weighted by atomic mass is 10.1. The fraction of sp³-hybridized carbons (Fsp3) is 0.231. The van der Waals surface area contributed by atoms with Crippen LogP contribution in [0.15, 0.2) is 47.9 Å². The van der Waals surface area contributed by atoms with Crippen LogP contribution in [0.3, 0.4) is 0 Å². The summed E-state index contributed by atoms with van der Waals surface area (Å²) in [5.74, 6) is 0. The lowest BCUT2D eigenvalue weighted by Crippen LogP contribution is -2.37. The molecule has 2 rings (SSSR count). The lowest BCUT2D eigenvalue weighted by molar-refractivity contribution is -0.170. The number of nitrogens with zero attached hydrogens (tertiary/aromatic N) is 3. The third-order valence-electron chi connectivity index (χ3n) is 2.86. The van der Waals surface area contributed by atoms with Gasteiger partial charge in [0.25, 0.3) is 0 Å². The highest BCUT2D eigenvalue weighted by Gasteiger charge is 2.45. The first kappa shape index (κ1) is 16.9. The zero-order valence-electron chi connectivity index (χ0n) is 11.3. The van der Waals surface area contributed by atoms with Crippen molar-refractivity contribution in [2.45, 2.75) is 17.1 Å². The molecule has 0 aliphatic carbocycles. The van der Waals surface area contributed by atoms with E-state index >= 15 is 0 Å². The number of halogens is 4. The molecule has 9 heteroatoms. The van der Waals surface area contributed by atoms with Gasteiger partial charge in [-0.3, -0.25) is 0 Å². The van der Waals surface area contributed by atoms with E-state index in [0.29, 0.717) is 5.02 Å². The summed E-state index contributed by atoms with van der Waals surface area (Å²) in [5, 5.41) is 0.324. The third-order valence-corrected chi connectivity index (χ3v) is 4.46. The Kier molecular flexibility index (Phi) is 5.15. The van der Waals surface area contributed by atoms with E-state index < -0.39 is 23.2 Å². The molecule has 2 aromatic rings. The van der Waals surface area contributed by atoms with E-state index in [1.54, 1.807) is 0 Å². The van der Waals surface area contributed by atoms with Crippen molar-refractivity contribution < 1.29 is 17.4 Å². The largest absolute Gasteiger partial charge is 0.409 e. The van der Waals surface area contributed by atoms with Crippen molar-refractivity contribution in [3.05, 3.63) is 53.6 Å². The van der Waals surface area contributed by atoms with Crippen molar-refractivity contribution in [2.24, 2.45) is 0 Å². The van der Waals surface area contributed by atoms with Crippen LogP contribution in [0, 0.1) is 0 Å². The molecule has 4 nitrogen and oxygen atoms in total. The maximum Gasteiger partial charge on any atom is 0.409 e. The zero-order valence-corrected chi connectivity index (χ0v) is 12.9. The number of rotatable bonds is 4. The van der Waals surface area contributed by atoms with Gasteiger partial charge >= 0.3 is 6.18 Å². The van der Waals surface area contributed by atoms with Crippen molar-refractivity contribution in [2.75, 3.05) is 7.05 Å². The Labute approximate surface area is 132 Å². The van der Waals surface area contributed by atoms with Gasteiger partial charge in [-0.05, 0) is 17.7 Å². The number of benzene rings is 1. The smallest absolute Gasteiger partial charge is 0.244 e. The zero-order chi connectivity index (χ0) is 16.3. The van der Waals surface area contributed by atoms with E-state index in [1.165, 1.54) is 43.0 Å². The van der Waals surface area contributed by atoms with Crippen LogP contribution in [-0.2, 0) is 11.0 Å². The molecule has 0 aliphatic rings. The summed E-state index contributed by atoms with van der Waals surface area (Å²) in [6, 6.07) is 3.20. The summed E-state index contributed by atoms with van der Waals surface area (Å²) in [7, 11) is -0.920. The normalized spacial score (nSPS) is 14.8. The average molecular weight is 350 g/mol. The van der Waals surface area contributed by atoms with Gasteiger partial charge in [0.1, 0.15) is 23.4 Å². The standard InChI is InChI=1S/C13H11ClF3N3OS/c1-20(22(21)11-6-18-8-19-7-11)12(13(15,16)17)9-2-4-10(14)5-3-9/h2-8,12H,1H3. The van der Waals surface area contributed by atoms with E-state index in [1.807, 2.05) is 0 Å². The molecule has 0 N–H and O–H groups in total. The molecule has 118 valence electrons. The van der Waals surface area contributed by atoms with Crippen LogP contribution < -0.4 is 0 Å². The second-order valence-corrected chi connectivity index (χ2v) is 6.35. The number of hydrogen-bond donors (Lipinski definition) is 0. The SMILES string of the molecule is CN(C(c1ccc(Cl)cc1)C(F)(F)F)S(=O)c1cncnc1. The number of alkyl halides is 3. The minimum Gasteiger partial charge on any atom is -0.244 e. The molecule has 0 saturated heterocycles. The van der Waals surface area contributed by atoms with E-state index in [-0.39, 0.29) is 10.5 Å². The van der Waals surface area contributed by atoms with Crippen LogP contribution in [-0.4, -0.2) is 31.7 Å². The summed E-state index contributed by atoms with van der Waals surface area (Å²) >= 11 is 5.70. The van der Waals surface area contributed by atoms with E-state index in [2.05, 4.69) is 9.97 Å². The molecule has 0 radical (unpaired) electrons. The Balaban J connectivity index is 2.37. The molecule has 0 aliphatic heterocycles. The summed E-state index contributed by atoms with van der Waals surface area (Å²) in [4.78, 5) is 7.42. The summed E-state index contributed by atoms with van der Waals surface area (Å²) in [6.07, 6.45) is -0.959. The van der Waals surface area contributed by atoms with Crippen molar-refractivity contribution in [1.82, 2.24) is 14.3 Å². The monoisotopic (exact) mass is 349 g/mol. The predicted octanol–water partition coefficient (Wildman–Crippen LogP) is 3.39. The van der Waals surface area contributed by atoms with Crippen LogP contribution in [0.4, 0.5) is 13.2 Å². The molecule has 0 bridgehead atoms. The second-order valence-electron chi connectivity index (χ2n) is 4.37. The van der Waals surface area contributed by atoms with Crippen molar-refractivity contribution in [3.8, 4) is 0 Å². The molecule has 2 unspecified atom stereocenters. The third kappa shape index (κ3) is 3.82. The van der Waals surface area contributed by atoms with Crippen LogP contribution in [0.5, 0.6) is 0 Å². The number of aromatic nitrogens is 2. The van der Waals surface area contributed by atoms with Gasteiger partial charge in [0, 0.05) is 24.5 Å². The summed E-state index contributed by atoms with van der Waals surface area (Å²) < 4.78 is 53.2. The summed E-state index contributed by atoms with van der Waals surface area (Å²) in [6.45, 7) is 0. The molecule has 2 atom stereocenters. The lowest BCUT2D eigenvalue weighted by Gasteiger charge is -2.29. The summed E-state index contributed by atoms with van der Waals surface area (Å²) in [5.41, 5.74) is -0.0513. The fourth-order valence-electron chi connectivity index (χ4n) is 1.89. The molecule has 0 saturated carbocycles. The first-order valence-electron chi connectivity index (χ1n) is 6.02. The molecular weight excluding hydrogens is 339 g/mol. The first-order chi connectivity index (χ1) is 10.3. The van der Waals surface area contributed by atoms with Gasteiger partial charge < -0.3 is 0 Å². The van der Waals surface area contributed by atoms with E-state index in [9.17, 15) is 17.4 Å². The van der Waals surface area contributed by atoms with Gasteiger partial charge in [-0.1, -0.05) is 23.7 Å². The van der Waals surface area contributed by atoms with Gasteiger partial charge in [0.15, 0.2) is 0 Å². The molecule has 1 aromatic carbocycles. The molecule has 1 aromatic heterocycles. The Morgan fingerprint density at radius 3 is 2.23 bits per heavy atom. The predicted molar refractivity (Wildman–Crippen MR) is 76.5 cm³/mol. The molecule has 0 amide bonds. The topological polar surface area (TPSA) is 46.1 Å². The van der Waals surface area contributed by atoms with Crippen molar-refractivity contribution in [1.29, 1.82) is 0 Å². The average Bonchev–Trinajstić information content (AvgIpc) is 2.48. The Morgan fingerprint density at radius 2 is 1.73 bits per heavy atom. The fourth-order valence-corrected chi connectivity index (χ4v) is 3.08. The highest BCUT2D eigenvalue weighted by atomic mass is 35.5. The maximum atomic E-state index is 13.4. The molecule has 0 fully saturated rings.